The molecule has 1 aromatic rings. The minimum Gasteiger partial charge on any atom is -0.550 e. The lowest BCUT2D eigenvalue weighted by molar-refractivity contribution is -0.305. The summed E-state index contributed by atoms with van der Waals surface area (Å²) in [5.41, 5.74) is 4.52. The first-order chi connectivity index (χ1) is 8.00. The number of carbonyl (C=O) groups is 3. The van der Waals surface area contributed by atoms with Crippen LogP contribution in [-0.4, -0.2) is 17.8 Å². The third-order valence-electron chi connectivity index (χ3n) is 1.98. The fraction of sp³-hybridized carbons (Fsp3) is 0.300. The maximum Gasteiger partial charge on any atom is 0.273 e. The summed E-state index contributed by atoms with van der Waals surface area (Å²) in [6.07, 6.45) is 0.696. The van der Waals surface area contributed by atoms with Crippen molar-refractivity contribution in [1.29, 1.82) is 0 Å². The lowest BCUT2D eigenvalue weighted by Gasteiger charge is -2.06. The topological polar surface area (TPSA) is 111 Å². The molecule has 0 fully saturated rings. The van der Waals surface area contributed by atoms with E-state index >= 15 is 0 Å². The van der Waals surface area contributed by atoms with Gasteiger partial charge in [-0.25, -0.2) is 0 Å². The van der Waals surface area contributed by atoms with Gasteiger partial charge in [-0.2, -0.15) is 0 Å². The predicted molar refractivity (Wildman–Crippen MR) is 53.3 cm³/mol. The molecule has 0 aliphatic rings. The van der Waals surface area contributed by atoms with Gasteiger partial charge < -0.3 is 14.3 Å². The standard InChI is InChI=1S/C10H12N2O5/c1-6-7(4-5-17-6)10(16)12-11-8(13)2-3-9(14)15/h4-5H,2-3H2,1H3,(H,11,13)(H,12,16)(H,14,15)/p-1. The number of carbonyl (C=O) groups excluding carboxylic acids is 3. The molecule has 17 heavy (non-hydrogen) atoms. The lowest BCUT2D eigenvalue weighted by Crippen LogP contribution is -2.42. The van der Waals surface area contributed by atoms with Crippen LogP contribution in [0.2, 0.25) is 0 Å². The first kappa shape index (κ1) is 12.8. The Kier molecular flexibility index (Phi) is 4.27. The van der Waals surface area contributed by atoms with Crippen LogP contribution in [0.25, 0.3) is 0 Å². The van der Waals surface area contributed by atoms with Crippen LogP contribution in [0, 0.1) is 6.92 Å². The number of hydrogen-bond donors (Lipinski definition) is 2. The monoisotopic (exact) mass is 239 g/mol. The van der Waals surface area contributed by atoms with Crippen molar-refractivity contribution < 1.29 is 23.9 Å². The molecule has 92 valence electrons. The predicted octanol–water partition coefficient (Wildman–Crippen LogP) is -1.12. The van der Waals surface area contributed by atoms with Crippen molar-refractivity contribution in [1.82, 2.24) is 10.9 Å². The Morgan fingerprint density at radius 1 is 1.29 bits per heavy atom. The molecule has 0 radical (unpaired) electrons. The molecule has 1 rings (SSSR count). The zero-order valence-electron chi connectivity index (χ0n) is 9.11. The van der Waals surface area contributed by atoms with Gasteiger partial charge in [0.15, 0.2) is 0 Å². The second kappa shape index (κ2) is 5.69. The van der Waals surface area contributed by atoms with E-state index in [9.17, 15) is 19.5 Å². The van der Waals surface area contributed by atoms with Gasteiger partial charge in [0.2, 0.25) is 5.91 Å². The fourth-order valence-corrected chi connectivity index (χ4v) is 1.09. The summed E-state index contributed by atoms with van der Waals surface area (Å²) in [5.74, 6) is -2.04. The smallest absolute Gasteiger partial charge is 0.273 e. The number of hydrogen-bond acceptors (Lipinski definition) is 5. The molecule has 0 aliphatic carbocycles. The molecule has 1 aromatic heterocycles. The number of aliphatic carboxylic acids is 1. The van der Waals surface area contributed by atoms with E-state index in [1.54, 1.807) is 6.92 Å². The zero-order valence-corrected chi connectivity index (χ0v) is 9.11. The fourth-order valence-electron chi connectivity index (χ4n) is 1.09. The summed E-state index contributed by atoms with van der Waals surface area (Å²) in [4.78, 5) is 32.6. The highest BCUT2D eigenvalue weighted by molar-refractivity contribution is 5.96. The number of carboxylic acids is 1. The summed E-state index contributed by atoms with van der Waals surface area (Å²) < 4.78 is 4.91. The summed E-state index contributed by atoms with van der Waals surface area (Å²) in [7, 11) is 0. The average Bonchev–Trinajstić information content (AvgIpc) is 2.69. The number of aryl methyl sites for hydroxylation is 1. The molecule has 2 N–H and O–H groups in total. The molecule has 2 amide bonds. The van der Waals surface area contributed by atoms with Crippen LogP contribution in [0.5, 0.6) is 0 Å². The number of nitrogens with one attached hydrogen (secondary N) is 2. The van der Waals surface area contributed by atoms with E-state index in [0.717, 1.165) is 0 Å². The van der Waals surface area contributed by atoms with Gasteiger partial charge in [0, 0.05) is 12.4 Å². The van der Waals surface area contributed by atoms with Gasteiger partial charge >= 0.3 is 0 Å². The molecule has 7 heteroatoms. The van der Waals surface area contributed by atoms with Crippen molar-refractivity contribution in [3.8, 4) is 0 Å². The van der Waals surface area contributed by atoms with Gasteiger partial charge in [0.1, 0.15) is 5.76 Å². The first-order valence-corrected chi connectivity index (χ1v) is 4.84. The minimum absolute atomic E-state index is 0.257. The molecular weight excluding hydrogens is 228 g/mol. The van der Waals surface area contributed by atoms with Gasteiger partial charge in [-0.3, -0.25) is 20.4 Å². The molecule has 0 bridgehead atoms. The number of amides is 2. The Labute approximate surface area is 96.8 Å². The Morgan fingerprint density at radius 2 is 2.00 bits per heavy atom. The molecule has 0 saturated heterocycles. The highest BCUT2D eigenvalue weighted by Crippen LogP contribution is 2.07. The van der Waals surface area contributed by atoms with Crippen LogP contribution in [0.3, 0.4) is 0 Å². The summed E-state index contributed by atoms with van der Waals surface area (Å²) in [6, 6.07) is 1.46. The minimum atomic E-state index is -1.32. The van der Waals surface area contributed by atoms with Gasteiger partial charge in [0.25, 0.3) is 5.91 Å². The third-order valence-corrected chi connectivity index (χ3v) is 1.98. The first-order valence-electron chi connectivity index (χ1n) is 4.84. The molecule has 0 atom stereocenters. The van der Waals surface area contributed by atoms with E-state index in [-0.39, 0.29) is 6.42 Å². The van der Waals surface area contributed by atoms with Crippen molar-refractivity contribution in [2.75, 3.05) is 0 Å². The van der Waals surface area contributed by atoms with E-state index < -0.39 is 24.2 Å². The molecule has 0 saturated carbocycles. The highest BCUT2D eigenvalue weighted by atomic mass is 16.4. The molecule has 7 nitrogen and oxygen atoms in total. The van der Waals surface area contributed by atoms with E-state index in [1.807, 2.05) is 0 Å². The maximum atomic E-state index is 11.5. The van der Waals surface area contributed by atoms with Crippen molar-refractivity contribution in [2.24, 2.45) is 0 Å². The second-order valence-electron chi connectivity index (χ2n) is 3.26. The highest BCUT2D eigenvalue weighted by Gasteiger charge is 2.11. The second-order valence-corrected chi connectivity index (χ2v) is 3.26. The number of carboxylic acid groups (broad SMARTS) is 1. The van der Waals surface area contributed by atoms with Gasteiger partial charge in [0.05, 0.1) is 11.8 Å². The largest absolute Gasteiger partial charge is 0.550 e. The SMILES string of the molecule is Cc1occc1C(=O)NNC(=O)CCC(=O)[O-]. The van der Waals surface area contributed by atoms with E-state index in [4.69, 9.17) is 4.42 Å². The molecular formula is C10H11N2O5-. The van der Waals surface area contributed by atoms with Crippen LogP contribution in [0.15, 0.2) is 16.7 Å². The molecule has 0 unspecified atom stereocenters. The van der Waals surface area contributed by atoms with Crippen molar-refractivity contribution >= 4 is 17.8 Å². The Morgan fingerprint density at radius 3 is 2.53 bits per heavy atom. The Bertz CT molecular complexity index is 438. The van der Waals surface area contributed by atoms with Crippen LogP contribution >= 0.6 is 0 Å². The van der Waals surface area contributed by atoms with Gasteiger partial charge in [-0.15, -0.1) is 0 Å². The lowest BCUT2D eigenvalue weighted by atomic mass is 10.2. The van der Waals surface area contributed by atoms with Crippen LogP contribution in [-0.2, 0) is 9.59 Å². The van der Waals surface area contributed by atoms with E-state index in [1.165, 1.54) is 12.3 Å². The van der Waals surface area contributed by atoms with Crippen molar-refractivity contribution in [2.45, 2.75) is 19.8 Å². The summed E-state index contributed by atoms with van der Waals surface area (Å²) in [6.45, 7) is 1.60. The van der Waals surface area contributed by atoms with Crippen LogP contribution in [0.4, 0.5) is 0 Å². The summed E-state index contributed by atoms with van der Waals surface area (Å²) >= 11 is 0. The van der Waals surface area contributed by atoms with Crippen LogP contribution < -0.4 is 16.0 Å². The number of furan rings is 1. The van der Waals surface area contributed by atoms with Crippen molar-refractivity contribution in [3.05, 3.63) is 23.7 Å². The third kappa shape index (κ3) is 3.98. The number of hydrazine groups is 1. The van der Waals surface area contributed by atoms with Crippen molar-refractivity contribution in [3.63, 3.8) is 0 Å². The van der Waals surface area contributed by atoms with Gasteiger partial charge in [-0.05, 0) is 19.4 Å². The Balaban J connectivity index is 2.36. The zero-order chi connectivity index (χ0) is 12.8. The quantitative estimate of drug-likeness (QED) is 0.646. The summed E-state index contributed by atoms with van der Waals surface area (Å²) in [5, 5.41) is 10.1. The molecule has 1 heterocycles. The normalized spacial score (nSPS) is 9.71. The van der Waals surface area contributed by atoms with Crippen LogP contribution in [0.1, 0.15) is 29.0 Å². The number of rotatable bonds is 4. The molecule has 0 aromatic carbocycles. The van der Waals surface area contributed by atoms with Gasteiger partial charge in [-0.1, -0.05) is 0 Å². The molecule has 0 spiro atoms. The van der Waals surface area contributed by atoms with E-state index in [0.29, 0.717) is 11.3 Å². The average molecular weight is 239 g/mol. The van der Waals surface area contributed by atoms with E-state index in [2.05, 4.69) is 10.9 Å². The molecule has 0 aliphatic heterocycles. The maximum absolute atomic E-state index is 11.5. The Hall–Kier alpha value is -2.31.